The van der Waals surface area contributed by atoms with E-state index in [1.54, 1.807) is 0 Å². The lowest BCUT2D eigenvalue weighted by Gasteiger charge is -2.16. The van der Waals surface area contributed by atoms with Crippen LogP contribution in [0.1, 0.15) is 28.4 Å². The number of ether oxygens (including phenoxy) is 1. The number of alkyl halides is 1. The van der Waals surface area contributed by atoms with E-state index in [4.69, 9.17) is 4.74 Å². The van der Waals surface area contributed by atoms with Gasteiger partial charge in [0.1, 0.15) is 5.75 Å². The van der Waals surface area contributed by atoms with E-state index in [0.717, 1.165) is 5.75 Å². The van der Waals surface area contributed by atoms with E-state index in [2.05, 4.69) is 87.9 Å². The quantitative estimate of drug-likeness (QED) is 0.460. The highest BCUT2D eigenvalue weighted by molar-refractivity contribution is 14.1. The first-order chi connectivity index (χ1) is 9.11. The molecule has 0 radical (unpaired) electrons. The molecule has 1 atom stereocenters. The van der Waals surface area contributed by atoms with Crippen LogP contribution in [0, 0.1) is 10.5 Å². The number of hydrogen-bond acceptors (Lipinski definition) is 1. The minimum absolute atomic E-state index is 0.158. The van der Waals surface area contributed by atoms with Gasteiger partial charge in [-0.25, -0.2) is 0 Å². The lowest BCUT2D eigenvalue weighted by atomic mass is 10.0. The average Bonchev–Trinajstić information content (AvgIpc) is 2.41. The summed E-state index contributed by atoms with van der Waals surface area (Å²) in [5.41, 5.74) is 3.67. The predicted octanol–water partition coefficient (Wildman–Crippen LogP) is 5.48. The van der Waals surface area contributed by atoms with Crippen LogP contribution < -0.4 is 4.74 Å². The van der Waals surface area contributed by atoms with Crippen LogP contribution in [0.3, 0.4) is 0 Å². The van der Waals surface area contributed by atoms with Gasteiger partial charge in [0.15, 0.2) is 0 Å². The molecule has 2 rings (SSSR count). The zero-order chi connectivity index (χ0) is 13.8. The summed E-state index contributed by atoms with van der Waals surface area (Å²) in [4.78, 5) is 0.158. The van der Waals surface area contributed by atoms with Crippen LogP contribution in [0.4, 0.5) is 0 Å². The van der Waals surface area contributed by atoms with E-state index in [0.29, 0.717) is 6.61 Å². The van der Waals surface area contributed by atoms with Gasteiger partial charge >= 0.3 is 0 Å². The topological polar surface area (TPSA) is 9.23 Å². The summed E-state index contributed by atoms with van der Waals surface area (Å²) in [7, 11) is 0. The molecule has 0 fully saturated rings. The van der Waals surface area contributed by atoms with Crippen molar-refractivity contribution < 1.29 is 4.74 Å². The maximum atomic E-state index is 5.73. The van der Waals surface area contributed by atoms with Gasteiger partial charge in [-0.3, -0.25) is 0 Å². The Morgan fingerprint density at radius 2 is 1.84 bits per heavy atom. The van der Waals surface area contributed by atoms with Crippen molar-refractivity contribution in [2.24, 2.45) is 0 Å². The van der Waals surface area contributed by atoms with E-state index in [9.17, 15) is 0 Å². The first-order valence-corrected chi connectivity index (χ1v) is 8.24. The second kappa shape index (κ2) is 6.75. The summed E-state index contributed by atoms with van der Waals surface area (Å²) in [6.07, 6.45) is 0. The van der Waals surface area contributed by atoms with E-state index in [1.807, 2.05) is 6.92 Å². The largest absolute Gasteiger partial charge is 0.494 e. The van der Waals surface area contributed by atoms with E-state index >= 15 is 0 Å². The summed E-state index contributed by atoms with van der Waals surface area (Å²) in [6, 6.07) is 14.9. The molecular formula is C16H16BrIO. The van der Waals surface area contributed by atoms with Crippen LogP contribution in [-0.2, 0) is 0 Å². The first-order valence-electron chi connectivity index (χ1n) is 6.24. The molecule has 1 nitrogen and oxygen atoms in total. The smallest absolute Gasteiger partial charge is 0.123 e. The van der Waals surface area contributed by atoms with Crippen LogP contribution in [0.25, 0.3) is 0 Å². The standard InChI is InChI=1S/C16H16BrIO/c1-3-19-15-9-4-11(2)10-14(15)16(17)12-5-7-13(18)8-6-12/h4-10,16H,3H2,1-2H3. The fraction of sp³-hybridized carbons (Fsp3) is 0.250. The molecule has 0 amide bonds. The van der Waals surface area contributed by atoms with Gasteiger partial charge < -0.3 is 4.74 Å². The first kappa shape index (κ1) is 14.9. The van der Waals surface area contributed by atoms with Gasteiger partial charge in [-0.15, -0.1) is 0 Å². The van der Waals surface area contributed by atoms with Gasteiger partial charge in [-0.05, 0) is 60.2 Å². The van der Waals surface area contributed by atoms with Crippen molar-refractivity contribution in [3.05, 3.63) is 62.7 Å². The Morgan fingerprint density at radius 1 is 1.16 bits per heavy atom. The highest BCUT2D eigenvalue weighted by Gasteiger charge is 2.15. The molecule has 0 aliphatic heterocycles. The molecule has 0 aliphatic rings. The minimum atomic E-state index is 0.158. The summed E-state index contributed by atoms with van der Waals surface area (Å²) in [5, 5.41) is 0. The summed E-state index contributed by atoms with van der Waals surface area (Å²) >= 11 is 6.11. The van der Waals surface area contributed by atoms with Crippen LogP contribution in [0.2, 0.25) is 0 Å². The average molecular weight is 431 g/mol. The summed E-state index contributed by atoms with van der Waals surface area (Å²) in [6.45, 7) is 4.80. The van der Waals surface area contributed by atoms with Crippen molar-refractivity contribution in [1.29, 1.82) is 0 Å². The maximum absolute atomic E-state index is 5.73. The Bertz CT molecular complexity index is 551. The predicted molar refractivity (Wildman–Crippen MR) is 92.3 cm³/mol. The monoisotopic (exact) mass is 430 g/mol. The third-order valence-corrected chi connectivity index (χ3v) is 4.64. The molecule has 1 unspecified atom stereocenters. The van der Waals surface area contributed by atoms with Crippen molar-refractivity contribution in [2.75, 3.05) is 6.61 Å². The highest BCUT2D eigenvalue weighted by atomic mass is 127. The highest BCUT2D eigenvalue weighted by Crippen LogP contribution is 2.37. The van der Waals surface area contributed by atoms with Crippen LogP contribution >= 0.6 is 38.5 Å². The fourth-order valence-electron chi connectivity index (χ4n) is 1.96. The van der Waals surface area contributed by atoms with E-state index in [1.165, 1.54) is 20.3 Å². The van der Waals surface area contributed by atoms with Crippen LogP contribution in [-0.4, -0.2) is 6.61 Å². The molecule has 0 spiro atoms. The lowest BCUT2D eigenvalue weighted by Crippen LogP contribution is -2.00. The Labute approximate surface area is 136 Å². The van der Waals surface area contributed by atoms with Crippen LogP contribution in [0.15, 0.2) is 42.5 Å². The lowest BCUT2D eigenvalue weighted by molar-refractivity contribution is 0.337. The molecule has 2 aromatic rings. The van der Waals surface area contributed by atoms with Gasteiger partial charge in [-0.1, -0.05) is 45.8 Å². The SMILES string of the molecule is CCOc1ccc(C)cc1C(Br)c1ccc(I)cc1. The third kappa shape index (κ3) is 3.72. The number of rotatable bonds is 4. The number of aryl methyl sites for hydroxylation is 1. The molecule has 0 heterocycles. The van der Waals surface area contributed by atoms with Crippen molar-refractivity contribution in [1.82, 2.24) is 0 Å². The molecule has 100 valence electrons. The van der Waals surface area contributed by atoms with Gasteiger partial charge in [0.25, 0.3) is 0 Å². The minimum Gasteiger partial charge on any atom is -0.494 e. The molecule has 2 aromatic carbocycles. The van der Waals surface area contributed by atoms with Crippen molar-refractivity contribution in [3.63, 3.8) is 0 Å². The third-order valence-electron chi connectivity index (χ3n) is 2.90. The van der Waals surface area contributed by atoms with E-state index in [-0.39, 0.29) is 4.83 Å². The normalized spacial score (nSPS) is 12.2. The maximum Gasteiger partial charge on any atom is 0.123 e. The van der Waals surface area contributed by atoms with Gasteiger partial charge in [0, 0.05) is 9.13 Å². The molecule has 0 saturated heterocycles. The fourth-order valence-corrected chi connectivity index (χ4v) is 2.99. The zero-order valence-corrected chi connectivity index (χ0v) is 14.7. The molecule has 0 N–H and O–H groups in total. The Hall–Kier alpha value is -0.550. The molecule has 0 bridgehead atoms. The summed E-state index contributed by atoms with van der Waals surface area (Å²) in [5.74, 6) is 0.952. The molecule has 0 saturated carbocycles. The van der Waals surface area contributed by atoms with Crippen molar-refractivity contribution in [3.8, 4) is 5.75 Å². The van der Waals surface area contributed by atoms with E-state index < -0.39 is 0 Å². The Kier molecular flexibility index (Phi) is 5.28. The van der Waals surface area contributed by atoms with Gasteiger partial charge in [0.2, 0.25) is 0 Å². The van der Waals surface area contributed by atoms with Gasteiger partial charge in [0.05, 0.1) is 11.4 Å². The van der Waals surface area contributed by atoms with Crippen molar-refractivity contribution in [2.45, 2.75) is 18.7 Å². The number of hydrogen-bond donors (Lipinski definition) is 0. The second-order valence-corrected chi connectivity index (χ2v) is 6.55. The second-order valence-electron chi connectivity index (χ2n) is 4.39. The zero-order valence-electron chi connectivity index (χ0n) is 11.0. The Balaban J connectivity index is 2.39. The molecule has 0 aliphatic carbocycles. The molecule has 0 aromatic heterocycles. The molecular weight excluding hydrogens is 415 g/mol. The van der Waals surface area contributed by atoms with Gasteiger partial charge in [-0.2, -0.15) is 0 Å². The number of benzene rings is 2. The van der Waals surface area contributed by atoms with Crippen LogP contribution in [0.5, 0.6) is 5.75 Å². The molecule has 3 heteroatoms. The summed E-state index contributed by atoms with van der Waals surface area (Å²) < 4.78 is 6.97. The molecule has 19 heavy (non-hydrogen) atoms. The number of halogens is 2. The van der Waals surface area contributed by atoms with Crippen molar-refractivity contribution >= 4 is 38.5 Å². The Morgan fingerprint density at radius 3 is 2.47 bits per heavy atom.